The highest BCUT2D eigenvalue weighted by Gasteiger charge is 2.31. The lowest BCUT2D eigenvalue weighted by molar-refractivity contribution is -0.119. The summed E-state index contributed by atoms with van der Waals surface area (Å²) in [6, 6.07) is 4.27. The van der Waals surface area contributed by atoms with Crippen molar-refractivity contribution in [1.82, 2.24) is 0 Å². The molecule has 120 valence electrons. The average molecular weight is 306 g/mol. The van der Waals surface area contributed by atoms with Gasteiger partial charge < -0.3 is 10.6 Å². The molecule has 0 amide bonds. The summed E-state index contributed by atoms with van der Waals surface area (Å²) in [6.07, 6.45) is -2.57. The minimum absolute atomic E-state index is 0.0111. The van der Waals surface area contributed by atoms with E-state index in [2.05, 4.69) is 0 Å². The number of nitrogens with zero attached hydrogens (tertiary/aromatic N) is 1. The van der Waals surface area contributed by atoms with Crippen LogP contribution in [0.4, 0.5) is 23.2 Å². The number of anilines is 1. The fourth-order valence-electron chi connectivity index (χ4n) is 2.15. The number of alkyl halides is 3. The van der Waals surface area contributed by atoms with Gasteiger partial charge in [0.15, 0.2) is 0 Å². The maximum absolute atomic E-state index is 14.1. The van der Waals surface area contributed by atoms with Crippen LogP contribution in [0.5, 0.6) is 0 Å². The highest BCUT2D eigenvalue weighted by atomic mass is 19.4. The maximum Gasteiger partial charge on any atom is 0.405 e. The first-order chi connectivity index (χ1) is 9.76. The highest BCUT2D eigenvalue weighted by Crippen LogP contribution is 2.26. The van der Waals surface area contributed by atoms with E-state index in [1.54, 1.807) is 13.0 Å². The molecule has 0 aliphatic heterocycles. The Morgan fingerprint density at radius 3 is 2.38 bits per heavy atom. The van der Waals surface area contributed by atoms with Crippen LogP contribution < -0.4 is 10.6 Å². The van der Waals surface area contributed by atoms with Crippen molar-refractivity contribution in [2.75, 3.05) is 18.0 Å². The molecule has 1 atom stereocenters. The molecule has 0 spiro atoms. The lowest BCUT2D eigenvalue weighted by Crippen LogP contribution is -2.35. The number of hydrogen-bond acceptors (Lipinski definition) is 2. The molecule has 1 unspecified atom stereocenters. The average Bonchev–Trinajstić information content (AvgIpc) is 2.36. The van der Waals surface area contributed by atoms with Crippen molar-refractivity contribution in [2.24, 2.45) is 5.73 Å². The first kappa shape index (κ1) is 17.8. The van der Waals surface area contributed by atoms with E-state index in [1.165, 1.54) is 12.1 Å². The SMILES string of the molecule is CCCN(CC(F)(F)F)c1ccc(CC(N)CC)cc1F. The smallest absolute Gasteiger partial charge is 0.360 e. The minimum atomic E-state index is -4.36. The second-order valence-corrected chi connectivity index (χ2v) is 5.19. The lowest BCUT2D eigenvalue weighted by Gasteiger charge is -2.26. The second-order valence-electron chi connectivity index (χ2n) is 5.19. The summed E-state index contributed by atoms with van der Waals surface area (Å²) in [6.45, 7) is 2.70. The van der Waals surface area contributed by atoms with Gasteiger partial charge in [0.05, 0.1) is 5.69 Å². The Morgan fingerprint density at radius 2 is 1.90 bits per heavy atom. The molecule has 0 heterocycles. The Hall–Kier alpha value is -1.30. The molecule has 0 fully saturated rings. The van der Waals surface area contributed by atoms with Gasteiger partial charge in [-0.15, -0.1) is 0 Å². The van der Waals surface area contributed by atoms with Gasteiger partial charge in [-0.2, -0.15) is 13.2 Å². The predicted molar refractivity (Wildman–Crippen MR) is 76.9 cm³/mol. The molecular weight excluding hydrogens is 284 g/mol. The summed E-state index contributed by atoms with van der Waals surface area (Å²) in [4.78, 5) is 1.03. The molecule has 2 nitrogen and oxygen atoms in total. The molecule has 2 N–H and O–H groups in total. The van der Waals surface area contributed by atoms with Gasteiger partial charge in [0.1, 0.15) is 12.4 Å². The van der Waals surface area contributed by atoms with Crippen molar-refractivity contribution < 1.29 is 17.6 Å². The zero-order valence-corrected chi connectivity index (χ0v) is 12.4. The summed E-state index contributed by atoms with van der Waals surface area (Å²) in [5.74, 6) is -0.631. The zero-order chi connectivity index (χ0) is 16.0. The second kappa shape index (κ2) is 7.64. The summed E-state index contributed by atoms with van der Waals surface area (Å²) in [5.41, 5.74) is 6.49. The number of hydrogen-bond donors (Lipinski definition) is 1. The maximum atomic E-state index is 14.1. The first-order valence-electron chi connectivity index (χ1n) is 7.12. The van der Waals surface area contributed by atoms with Gasteiger partial charge in [0, 0.05) is 12.6 Å². The van der Waals surface area contributed by atoms with Crippen LogP contribution >= 0.6 is 0 Å². The van der Waals surface area contributed by atoms with Crippen molar-refractivity contribution >= 4 is 5.69 Å². The fourth-order valence-corrected chi connectivity index (χ4v) is 2.15. The number of benzene rings is 1. The van der Waals surface area contributed by atoms with Crippen LogP contribution in [0.25, 0.3) is 0 Å². The van der Waals surface area contributed by atoms with Crippen molar-refractivity contribution in [3.63, 3.8) is 0 Å². The van der Waals surface area contributed by atoms with E-state index in [-0.39, 0.29) is 18.3 Å². The standard InChI is InChI=1S/C15H22F4N2/c1-3-7-21(10-15(17,18)19)14-6-5-11(9-13(14)16)8-12(20)4-2/h5-6,9,12H,3-4,7-8,10,20H2,1-2H3. The van der Waals surface area contributed by atoms with E-state index in [0.29, 0.717) is 18.4 Å². The van der Waals surface area contributed by atoms with E-state index in [4.69, 9.17) is 5.73 Å². The van der Waals surface area contributed by atoms with Crippen LogP contribution in [0.15, 0.2) is 18.2 Å². The fraction of sp³-hybridized carbons (Fsp3) is 0.600. The normalized spacial score (nSPS) is 13.3. The molecule has 0 aromatic heterocycles. The van der Waals surface area contributed by atoms with Crippen LogP contribution in [0, 0.1) is 5.82 Å². The molecule has 0 bridgehead atoms. The summed E-state index contributed by atoms with van der Waals surface area (Å²) < 4.78 is 51.8. The quantitative estimate of drug-likeness (QED) is 0.775. The summed E-state index contributed by atoms with van der Waals surface area (Å²) in [7, 11) is 0. The number of rotatable bonds is 7. The first-order valence-corrected chi connectivity index (χ1v) is 7.12. The highest BCUT2D eigenvalue weighted by molar-refractivity contribution is 5.49. The lowest BCUT2D eigenvalue weighted by atomic mass is 10.0. The summed E-state index contributed by atoms with van der Waals surface area (Å²) in [5, 5.41) is 0. The van der Waals surface area contributed by atoms with Gasteiger partial charge >= 0.3 is 6.18 Å². The predicted octanol–water partition coefficient (Wildman–Crippen LogP) is 3.88. The Morgan fingerprint density at radius 1 is 1.24 bits per heavy atom. The van der Waals surface area contributed by atoms with Crippen molar-refractivity contribution in [3.05, 3.63) is 29.6 Å². The molecule has 6 heteroatoms. The molecule has 21 heavy (non-hydrogen) atoms. The summed E-state index contributed by atoms with van der Waals surface area (Å²) >= 11 is 0. The van der Waals surface area contributed by atoms with Crippen LogP contribution in [0.3, 0.4) is 0 Å². The third-order valence-corrected chi connectivity index (χ3v) is 3.24. The van der Waals surface area contributed by atoms with E-state index < -0.39 is 18.5 Å². The Kier molecular flexibility index (Phi) is 6.45. The topological polar surface area (TPSA) is 29.3 Å². The van der Waals surface area contributed by atoms with E-state index >= 15 is 0 Å². The third kappa shape index (κ3) is 5.91. The number of halogens is 4. The number of nitrogens with two attached hydrogens (primary N) is 1. The third-order valence-electron chi connectivity index (χ3n) is 3.24. The molecule has 1 aromatic carbocycles. The van der Waals surface area contributed by atoms with Crippen LogP contribution in [-0.2, 0) is 6.42 Å². The van der Waals surface area contributed by atoms with E-state index in [1.807, 2.05) is 6.92 Å². The van der Waals surface area contributed by atoms with E-state index in [0.717, 1.165) is 11.3 Å². The Bertz CT molecular complexity index is 446. The zero-order valence-electron chi connectivity index (χ0n) is 12.4. The monoisotopic (exact) mass is 306 g/mol. The van der Waals surface area contributed by atoms with Crippen molar-refractivity contribution in [2.45, 2.75) is 45.3 Å². The van der Waals surface area contributed by atoms with Crippen molar-refractivity contribution in [1.29, 1.82) is 0 Å². The minimum Gasteiger partial charge on any atom is -0.360 e. The Balaban J connectivity index is 2.94. The largest absolute Gasteiger partial charge is 0.405 e. The van der Waals surface area contributed by atoms with E-state index in [9.17, 15) is 17.6 Å². The molecule has 0 radical (unpaired) electrons. The van der Waals surface area contributed by atoms with Crippen LogP contribution in [0.1, 0.15) is 32.3 Å². The van der Waals surface area contributed by atoms with Gasteiger partial charge in [-0.25, -0.2) is 4.39 Å². The molecule has 0 saturated carbocycles. The molecule has 0 aliphatic rings. The molecular formula is C15H22F4N2. The van der Waals surface area contributed by atoms with Gasteiger partial charge in [-0.3, -0.25) is 0 Å². The molecule has 0 aliphatic carbocycles. The van der Waals surface area contributed by atoms with Gasteiger partial charge in [0.2, 0.25) is 0 Å². The molecule has 1 rings (SSSR count). The van der Waals surface area contributed by atoms with Gasteiger partial charge in [-0.1, -0.05) is 19.9 Å². The molecule has 0 saturated heterocycles. The van der Waals surface area contributed by atoms with Crippen molar-refractivity contribution in [3.8, 4) is 0 Å². The Labute approximate surface area is 122 Å². The van der Waals surface area contributed by atoms with Gasteiger partial charge in [0.25, 0.3) is 0 Å². The van der Waals surface area contributed by atoms with Crippen LogP contribution in [-0.4, -0.2) is 25.3 Å². The van der Waals surface area contributed by atoms with Crippen LogP contribution in [0.2, 0.25) is 0 Å². The molecule has 1 aromatic rings. The van der Waals surface area contributed by atoms with Gasteiger partial charge in [-0.05, 0) is 37.0 Å².